The van der Waals surface area contributed by atoms with Crippen LogP contribution in [-0.4, -0.2) is 0 Å². The number of benzene rings is 9. The van der Waals surface area contributed by atoms with E-state index in [4.69, 9.17) is 4.42 Å². The number of hydrogen-bond acceptors (Lipinski definition) is 2. The van der Waals surface area contributed by atoms with E-state index in [1.807, 2.05) is 6.07 Å². The van der Waals surface area contributed by atoms with Gasteiger partial charge in [-0.1, -0.05) is 164 Å². The molecule has 0 saturated heterocycles. The number of furan rings is 1. The highest BCUT2D eigenvalue weighted by Crippen LogP contribution is 2.47. The second-order valence-corrected chi connectivity index (χ2v) is 13.7. The minimum Gasteiger partial charge on any atom is -0.455 e. The second kappa shape index (κ2) is 13.4. The zero-order chi connectivity index (χ0) is 35.8. The summed E-state index contributed by atoms with van der Waals surface area (Å²) in [6.07, 6.45) is 0. The molecule has 0 bridgehead atoms. The van der Waals surface area contributed by atoms with E-state index in [9.17, 15) is 0 Å². The van der Waals surface area contributed by atoms with Crippen LogP contribution in [0.15, 0.2) is 217 Å². The highest BCUT2D eigenvalue weighted by Gasteiger charge is 2.22. The smallest absolute Gasteiger partial charge is 0.145 e. The molecule has 0 aliphatic carbocycles. The van der Waals surface area contributed by atoms with Crippen molar-refractivity contribution in [2.24, 2.45) is 0 Å². The molecule has 254 valence electrons. The maximum atomic E-state index is 6.74. The van der Waals surface area contributed by atoms with Gasteiger partial charge in [0, 0.05) is 22.3 Å². The molecule has 1 aromatic heterocycles. The standard InChI is InChI=1S/C52H35NO/c1-3-14-36(15-4-1)40-20-11-21-41(34-40)37-28-30-43(31-29-37)53(44-23-12-22-42(35-44)46-26-13-19-38-18-7-8-24-45(38)46)49-33-32-47(39-16-5-2-6-17-39)52-51(49)48-25-9-10-27-50(48)54-52/h1-35H. The molecule has 0 atom stereocenters. The first kappa shape index (κ1) is 31.6. The van der Waals surface area contributed by atoms with Crippen molar-refractivity contribution in [2.45, 2.75) is 0 Å². The van der Waals surface area contributed by atoms with Gasteiger partial charge in [-0.3, -0.25) is 0 Å². The van der Waals surface area contributed by atoms with Crippen molar-refractivity contribution in [3.05, 3.63) is 212 Å². The minimum absolute atomic E-state index is 0.871. The molecule has 0 amide bonds. The molecule has 10 rings (SSSR count). The molecule has 0 radical (unpaired) electrons. The number of hydrogen-bond donors (Lipinski definition) is 0. The number of nitrogens with zero attached hydrogens (tertiary/aromatic N) is 1. The van der Waals surface area contributed by atoms with E-state index in [1.165, 1.54) is 38.6 Å². The summed E-state index contributed by atoms with van der Waals surface area (Å²) in [7, 11) is 0. The lowest BCUT2D eigenvalue weighted by atomic mass is 9.96. The average Bonchev–Trinajstić information content (AvgIpc) is 3.65. The molecule has 2 heteroatoms. The Kier molecular flexibility index (Phi) is 7.85. The molecule has 2 nitrogen and oxygen atoms in total. The van der Waals surface area contributed by atoms with Gasteiger partial charge in [0.05, 0.1) is 11.1 Å². The SMILES string of the molecule is c1ccc(-c2cccc(-c3ccc(N(c4cccc(-c5cccc6ccccc56)c4)c4ccc(-c5ccccc5)c5oc6ccccc6c45)cc3)c2)cc1. The summed E-state index contributed by atoms with van der Waals surface area (Å²) in [5.41, 5.74) is 14.3. The second-order valence-electron chi connectivity index (χ2n) is 13.7. The zero-order valence-electron chi connectivity index (χ0n) is 29.6. The molecule has 0 fully saturated rings. The van der Waals surface area contributed by atoms with E-state index in [1.54, 1.807) is 0 Å². The lowest BCUT2D eigenvalue weighted by Gasteiger charge is -2.27. The van der Waals surface area contributed by atoms with E-state index < -0.39 is 0 Å². The van der Waals surface area contributed by atoms with Gasteiger partial charge >= 0.3 is 0 Å². The van der Waals surface area contributed by atoms with Crippen molar-refractivity contribution in [1.82, 2.24) is 0 Å². The fourth-order valence-corrected chi connectivity index (χ4v) is 7.87. The highest BCUT2D eigenvalue weighted by molar-refractivity contribution is 6.17. The summed E-state index contributed by atoms with van der Waals surface area (Å²) < 4.78 is 6.74. The third-order valence-corrected chi connectivity index (χ3v) is 10.5. The maximum Gasteiger partial charge on any atom is 0.145 e. The van der Waals surface area contributed by atoms with Gasteiger partial charge in [-0.15, -0.1) is 0 Å². The van der Waals surface area contributed by atoms with Crippen molar-refractivity contribution >= 4 is 49.8 Å². The summed E-state index contributed by atoms with van der Waals surface area (Å²) in [6, 6.07) is 75.8. The van der Waals surface area contributed by atoms with E-state index in [2.05, 4.69) is 211 Å². The normalized spacial score (nSPS) is 11.3. The zero-order valence-corrected chi connectivity index (χ0v) is 29.6. The monoisotopic (exact) mass is 689 g/mol. The Labute approximate surface area is 314 Å². The number of fused-ring (bicyclic) bond motifs is 4. The van der Waals surface area contributed by atoms with E-state index in [0.717, 1.165) is 55.7 Å². The Morgan fingerprint density at radius 1 is 0.333 bits per heavy atom. The summed E-state index contributed by atoms with van der Waals surface area (Å²) >= 11 is 0. The fraction of sp³-hybridized carbons (Fsp3) is 0. The lowest BCUT2D eigenvalue weighted by Crippen LogP contribution is -2.10. The van der Waals surface area contributed by atoms with E-state index in [-0.39, 0.29) is 0 Å². The van der Waals surface area contributed by atoms with Gasteiger partial charge in [-0.2, -0.15) is 0 Å². The Balaban J connectivity index is 1.17. The van der Waals surface area contributed by atoms with Crippen LogP contribution in [0.1, 0.15) is 0 Å². The average molecular weight is 690 g/mol. The van der Waals surface area contributed by atoms with Crippen LogP contribution in [0.5, 0.6) is 0 Å². The molecule has 0 aliphatic rings. The van der Waals surface area contributed by atoms with Gasteiger partial charge in [-0.25, -0.2) is 0 Å². The Bertz CT molecular complexity index is 2920. The van der Waals surface area contributed by atoms with E-state index >= 15 is 0 Å². The van der Waals surface area contributed by atoms with Gasteiger partial charge < -0.3 is 9.32 Å². The lowest BCUT2D eigenvalue weighted by molar-refractivity contribution is 0.670. The van der Waals surface area contributed by atoms with Crippen molar-refractivity contribution in [2.75, 3.05) is 4.90 Å². The highest BCUT2D eigenvalue weighted by atomic mass is 16.3. The number of anilines is 3. The van der Waals surface area contributed by atoms with E-state index in [0.29, 0.717) is 0 Å². The minimum atomic E-state index is 0.871. The van der Waals surface area contributed by atoms with Crippen molar-refractivity contribution < 1.29 is 4.42 Å². The summed E-state index contributed by atoms with van der Waals surface area (Å²) in [5, 5.41) is 4.64. The largest absolute Gasteiger partial charge is 0.455 e. The molecule has 0 aliphatic heterocycles. The van der Waals surface area contributed by atoms with Crippen molar-refractivity contribution in [3.63, 3.8) is 0 Å². The van der Waals surface area contributed by atoms with Crippen LogP contribution in [0.2, 0.25) is 0 Å². The van der Waals surface area contributed by atoms with Crippen LogP contribution in [0.4, 0.5) is 17.1 Å². The Morgan fingerprint density at radius 2 is 0.926 bits per heavy atom. The van der Waals surface area contributed by atoms with Crippen LogP contribution >= 0.6 is 0 Å². The molecule has 0 spiro atoms. The van der Waals surface area contributed by atoms with Crippen LogP contribution in [0, 0.1) is 0 Å². The first-order valence-electron chi connectivity index (χ1n) is 18.4. The topological polar surface area (TPSA) is 16.4 Å². The Hall–Kier alpha value is -7.16. The quantitative estimate of drug-likeness (QED) is 0.166. The van der Waals surface area contributed by atoms with Crippen LogP contribution in [0.25, 0.3) is 77.2 Å². The summed E-state index contributed by atoms with van der Waals surface area (Å²) in [6.45, 7) is 0. The summed E-state index contributed by atoms with van der Waals surface area (Å²) in [5.74, 6) is 0. The van der Waals surface area contributed by atoms with Crippen LogP contribution < -0.4 is 4.90 Å². The molecule has 0 saturated carbocycles. The van der Waals surface area contributed by atoms with Crippen LogP contribution in [0.3, 0.4) is 0 Å². The first-order valence-corrected chi connectivity index (χ1v) is 18.4. The predicted octanol–water partition coefficient (Wildman–Crippen LogP) is 14.9. The van der Waals surface area contributed by atoms with Gasteiger partial charge in [0.2, 0.25) is 0 Å². The Morgan fingerprint density at radius 3 is 1.72 bits per heavy atom. The molecule has 0 unspecified atom stereocenters. The molecule has 10 aromatic rings. The van der Waals surface area contributed by atoms with Crippen molar-refractivity contribution in [3.8, 4) is 44.5 Å². The molecule has 54 heavy (non-hydrogen) atoms. The molecular formula is C52H35NO. The summed E-state index contributed by atoms with van der Waals surface area (Å²) in [4.78, 5) is 2.39. The fourth-order valence-electron chi connectivity index (χ4n) is 7.87. The molecule has 9 aromatic carbocycles. The molecule has 0 N–H and O–H groups in total. The van der Waals surface area contributed by atoms with Crippen LogP contribution in [-0.2, 0) is 0 Å². The number of para-hydroxylation sites is 1. The third kappa shape index (κ3) is 5.62. The number of rotatable bonds is 7. The van der Waals surface area contributed by atoms with Gasteiger partial charge in [0.15, 0.2) is 0 Å². The molecule has 1 heterocycles. The van der Waals surface area contributed by atoms with Gasteiger partial charge in [0.1, 0.15) is 11.2 Å². The third-order valence-electron chi connectivity index (χ3n) is 10.5. The molecular weight excluding hydrogens is 655 g/mol. The van der Waals surface area contributed by atoms with Gasteiger partial charge in [-0.05, 0) is 98.2 Å². The first-order chi connectivity index (χ1) is 26.8. The maximum absolute atomic E-state index is 6.74. The van der Waals surface area contributed by atoms with Gasteiger partial charge in [0.25, 0.3) is 0 Å². The van der Waals surface area contributed by atoms with Crippen molar-refractivity contribution in [1.29, 1.82) is 0 Å². The predicted molar refractivity (Wildman–Crippen MR) is 228 cm³/mol.